The lowest BCUT2D eigenvalue weighted by Gasteiger charge is -2.27. The highest BCUT2D eigenvalue weighted by Gasteiger charge is 2.23. The number of rotatable bonds is 3. The Labute approximate surface area is 106 Å². The van der Waals surface area contributed by atoms with E-state index in [1.165, 1.54) is 6.42 Å². The van der Waals surface area contributed by atoms with Gasteiger partial charge in [-0.25, -0.2) is 4.98 Å². The van der Waals surface area contributed by atoms with E-state index in [2.05, 4.69) is 10.3 Å². The van der Waals surface area contributed by atoms with Crippen LogP contribution in [0.25, 0.3) is 0 Å². The molecule has 1 aliphatic heterocycles. The van der Waals surface area contributed by atoms with Gasteiger partial charge in [0.1, 0.15) is 0 Å². The van der Waals surface area contributed by atoms with E-state index >= 15 is 0 Å². The van der Waals surface area contributed by atoms with Crippen LogP contribution < -0.4 is 5.32 Å². The van der Waals surface area contributed by atoms with Gasteiger partial charge in [0.2, 0.25) is 5.91 Å². The number of thiazole rings is 1. The molecule has 2 heterocycles. The second-order valence-corrected chi connectivity index (χ2v) is 5.86. The Hall–Kier alpha value is -0.940. The number of piperidine rings is 1. The Balaban J connectivity index is 1.90. The molecule has 1 atom stereocenters. The van der Waals surface area contributed by atoms with Crippen LogP contribution >= 0.6 is 11.3 Å². The van der Waals surface area contributed by atoms with E-state index in [-0.39, 0.29) is 11.9 Å². The topological polar surface area (TPSA) is 45.2 Å². The number of carbonyl (C=O) groups is 1. The molecular weight excluding hydrogens is 234 g/mol. The first-order chi connectivity index (χ1) is 8.16. The van der Waals surface area contributed by atoms with E-state index in [4.69, 9.17) is 0 Å². The molecule has 0 saturated carbocycles. The van der Waals surface area contributed by atoms with Gasteiger partial charge in [0, 0.05) is 18.1 Å². The predicted molar refractivity (Wildman–Crippen MR) is 69.0 cm³/mol. The second-order valence-electron chi connectivity index (χ2n) is 4.54. The maximum absolute atomic E-state index is 12.2. The largest absolute Gasteiger partial charge is 0.339 e. The molecule has 17 heavy (non-hydrogen) atoms. The summed E-state index contributed by atoms with van der Waals surface area (Å²) in [6, 6.07) is 0.0165. The van der Waals surface area contributed by atoms with E-state index in [0.717, 1.165) is 29.3 Å². The molecule has 4 nitrogen and oxygen atoms in total. The van der Waals surface area contributed by atoms with Gasteiger partial charge < -0.3 is 10.2 Å². The fourth-order valence-electron chi connectivity index (χ4n) is 2.12. The molecule has 1 aliphatic rings. The lowest BCUT2D eigenvalue weighted by molar-refractivity contribution is -0.133. The van der Waals surface area contributed by atoms with Gasteiger partial charge in [-0.1, -0.05) is 6.42 Å². The molecule has 0 spiro atoms. The quantitative estimate of drug-likeness (QED) is 0.889. The minimum absolute atomic E-state index is 0.0165. The Morgan fingerprint density at radius 1 is 1.65 bits per heavy atom. The summed E-state index contributed by atoms with van der Waals surface area (Å²) in [5, 5.41) is 4.34. The summed E-state index contributed by atoms with van der Waals surface area (Å²) >= 11 is 1.65. The third kappa shape index (κ3) is 3.26. The van der Waals surface area contributed by atoms with E-state index in [9.17, 15) is 4.79 Å². The lowest BCUT2D eigenvalue weighted by atomic mass is 10.0. The number of aryl methyl sites for hydroxylation is 1. The molecule has 0 bridgehead atoms. The van der Waals surface area contributed by atoms with Crippen LogP contribution in [0.5, 0.6) is 0 Å². The normalized spacial score (nSPS) is 20.2. The van der Waals surface area contributed by atoms with Crippen LogP contribution in [0, 0.1) is 6.92 Å². The van der Waals surface area contributed by atoms with Crippen LogP contribution in [0.1, 0.15) is 29.1 Å². The standard InChI is InChI=1S/C12H19N3OS/c1-9-14-7-10(17-9)8-15(2)12(16)11-5-3-4-6-13-11/h7,11,13H,3-6,8H2,1-2H3. The van der Waals surface area contributed by atoms with Crippen LogP contribution in [-0.2, 0) is 11.3 Å². The molecule has 5 heteroatoms. The van der Waals surface area contributed by atoms with Crippen LogP contribution in [-0.4, -0.2) is 35.4 Å². The molecule has 1 aromatic rings. The first-order valence-electron chi connectivity index (χ1n) is 6.06. The van der Waals surface area contributed by atoms with Crippen molar-refractivity contribution >= 4 is 17.2 Å². The zero-order chi connectivity index (χ0) is 12.3. The number of carbonyl (C=O) groups excluding carboxylic acids is 1. The third-order valence-electron chi connectivity index (χ3n) is 3.05. The van der Waals surface area contributed by atoms with E-state index in [1.54, 1.807) is 16.2 Å². The molecule has 1 fully saturated rings. The molecule has 2 rings (SSSR count). The minimum atomic E-state index is 0.0165. The predicted octanol–water partition coefficient (Wildman–Crippen LogP) is 1.55. The van der Waals surface area contributed by atoms with Gasteiger partial charge in [0.25, 0.3) is 0 Å². The fraction of sp³-hybridized carbons (Fsp3) is 0.667. The Morgan fingerprint density at radius 2 is 2.47 bits per heavy atom. The molecule has 1 amide bonds. The van der Waals surface area contributed by atoms with Crippen molar-refractivity contribution in [1.82, 2.24) is 15.2 Å². The molecule has 1 N–H and O–H groups in total. The monoisotopic (exact) mass is 253 g/mol. The molecule has 0 aromatic carbocycles. The van der Waals surface area contributed by atoms with Crippen molar-refractivity contribution in [1.29, 1.82) is 0 Å². The number of nitrogens with one attached hydrogen (secondary N) is 1. The summed E-state index contributed by atoms with van der Waals surface area (Å²) in [5.41, 5.74) is 0. The van der Waals surface area contributed by atoms with Crippen LogP contribution in [0.3, 0.4) is 0 Å². The average Bonchev–Trinajstić information content (AvgIpc) is 2.75. The number of hydrogen-bond acceptors (Lipinski definition) is 4. The van der Waals surface area contributed by atoms with Crippen molar-refractivity contribution in [2.45, 2.75) is 38.8 Å². The van der Waals surface area contributed by atoms with Gasteiger partial charge in [-0.2, -0.15) is 0 Å². The molecule has 0 radical (unpaired) electrons. The minimum Gasteiger partial charge on any atom is -0.339 e. The van der Waals surface area contributed by atoms with E-state index < -0.39 is 0 Å². The van der Waals surface area contributed by atoms with Crippen molar-refractivity contribution < 1.29 is 4.79 Å². The van der Waals surface area contributed by atoms with E-state index in [0.29, 0.717) is 6.54 Å². The second kappa shape index (κ2) is 5.60. The van der Waals surface area contributed by atoms with Crippen molar-refractivity contribution in [2.24, 2.45) is 0 Å². The van der Waals surface area contributed by atoms with Gasteiger partial charge >= 0.3 is 0 Å². The summed E-state index contributed by atoms with van der Waals surface area (Å²) in [6.45, 7) is 3.62. The van der Waals surface area contributed by atoms with Crippen molar-refractivity contribution in [3.63, 3.8) is 0 Å². The maximum Gasteiger partial charge on any atom is 0.239 e. The van der Waals surface area contributed by atoms with Gasteiger partial charge in [0.05, 0.1) is 17.6 Å². The smallest absolute Gasteiger partial charge is 0.239 e. The van der Waals surface area contributed by atoms with Crippen molar-refractivity contribution in [2.75, 3.05) is 13.6 Å². The highest BCUT2D eigenvalue weighted by Crippen LogP contribution is 2.15. The molecular formula is C12H19N3OS. The number of hydrogen-bond donors (Lipinski definition) is 1. The summed E-state index contributed by atoms with van der Waals surface area (Å²) in [5.74, 6) is 0.204. The first kappa shape index (κ1) is 12.5. The Bertz CT molecular complexity index is 385. The molecule has 1 aromatic heterocycles. The summed E-state index contributed by atoms with van der Waals surface area (Å²) in [6.07, 6.45) is 5.15. The third-order valence-corrected chi connectivity index (χ3v) is 3.94. The highest BCUT2D eigenvalue weighted by atomic mass is 32.1. The summed E-state index contributed by atoms with van der Waals surface area (Å²) < 4.78 is 0. The number of aromatic nitrogens is 1. The zero-order valence-electron chi connectivity index (χ0n) is 10.4. The fourth-order valence-corrected chi connectivity index (χ4v) is 2.97. The Kier molecular flexibility index (Phi) is 4.12. The van der Waals surface area contributed by atoms with Gasteiger partial charge in [-0.3, -0.25) is 4.79 Å². The maximum atomic E-state index is 12.2. The van der Waals surface area contributed by atoms with E-state index in [1.807, 2.05) is 20.2 Å². The summed E-state index contributed by atoms with van der Waals surface area (Å²) in [7, 11) is 1.87. The molecule has 94 valence electrons. The zero-order valence-corrected chi connectivity index (χ0v) is 11.2. The van der Waals surface area contributed by atoms with Gasteiger partial charge in [-0.15, -0.1) is 11.3 Å². The van der Waals surface area contributed by atoms with Gasteiger partial charge in [-0.05, 0) is 26.3 Å². The molecule has 0 aliphatic carbocycles. The number of likely N-dealkylation sites (N-methyl/N-ethyl adjacent to an activating group) is 1. The van der Waals surface area contributed by atoms with Crippen molar-refractivity contribution in [3.05, 3.63) is 16.1 Å². The van der Waals surface area contributed by atoms with Gasteiger partial charge in [0.15, 0.2) is 0 Å². The molecule has 1 unspecified atom stereocenters. The highest BCUT2D eigenvalue weighted by molar-refractivity contribution is 7.11. The molecule has 1 saturated heterocycles. The average molecular weight is 253 g/mol. The van der Waals surface area contributed by atoms with Crippen LogP contribution in [0.2, 0.25) is 0 Å². The number of amides is 1. The van der Waals surface area contributed by atoms with Crippen LogP contribution in [0.15, 0.2) is 6.20 Å². The lowest BCUT2D eigenvalue weighted by Crippen LogP contribution is -2.46. The van der Waals surface area contributed by atoms with Crippen LogP contribution in [0.4, 0.5) is 0 Å². The SMILES string of the molecule is Cc1ncc(CN(C)C(=O)C2CCCCN2)s1. The van der Waals surface area contributed by atoms with Crippen molar-refractivity contribution in [3.8, 4) is 0 Å². The summed E-state index contributed by atoms with van der Waals surface area (Å²) in [4.78, 5) is 19.3. The Morgan fingerprint density at radius 3 is 3.06 bits per heavy atom. The number of nitrogens with zero attached hydrogens (tertiary/aromatic N) is 2. The first-order valence-corrected chi connectivity index (χ1v) is 6.88.